The predicted molar refractivity (Wildman–Crippen MR) is 272 cm³/mol. The average Bonchev–Trinajstić information content (AvgIpc) is 3.05. The highest BCUT2D eigenvalue weighted by Crippen LogP contribution is 2.37. The summed E-state index contributed by atoms with van der Waals surface area (Å²) in [4.78, 5) is 86.2. The van der Waals surface area contributed by atoms with Crippen LogP contribution in [0.2, 0.25) is 0 Å². The smallest absolute Gasteiger partial charge is 0.254 e. The Balaban J connectivity index is 2.80. The molecule has 2 aromatic rings. The molecule has 12 nitrogen and oxygen atoms in total. The van der Waals surface area contributed by atoms with Gasteiger partial charge in [-0.3, -0.25) is 28.8 Å². The minimum Gasteiger partial charge on any atom is -0.347 e. The quantitative estimate of drug-likeness (QED) is 0.119. The molecule has 0 atom stereocenters. The van der Waals surface area contributed by atoms with Gasteiger partial charge in [0.05, 0.1) is 5.41 Å². The van der Waals surface area contributed by atoms with Crippen LogP contribution in [0.1, 0.15) is 210 Å². The predicted octanol–water partition coefficient (Wildman–Crippen LogP) is 11.9. The fourth-order valence-electron chi connectivity index (χ4n) is 8.87. The summed E-state index contributed by atoms with van der Waals surface area (Å²) in [6.07, 6.45) is 1.89. The van der Waals surface area contributed by atoms with Gasteiger partial charge in [-0.05, 0) is 127 Å². The summed E-state index contributed by atoms with van der Waals surface area (Å²) >= 11 is 0. The van der Waals surface area contributed by atoms with Crippen molar-refractivity contribution >= 4 is 52.5 Å². The number of rotatable bonds is 15. The Morgan fingerprint density at radius 3 is 1.02 bits per heavy atom. The third-order valence-corrected chi connectivity index (χ3v) is 10.7. The second-order valence-electron chi connectivity index (χ2n) is 26.9. The first-order valence-electron chi connectivity index (χ1n) is 23.4. The zero-order valence-electron chi connectivity index (χ0n) is 45.2. The van der Waals surface area contributed by atoms with E-state index in [9.17, 15) is 24.0 Å². The van der Waals surface area contributed by atoms with Crippen LogP contribution in [0, 0.1) is 32.5 Å². The molecule has 370 valence electrons. The summed E-state index contributed by atoms with van der Waals surface area (Å²) in [5, 5.41) is 15.1. The molecule has 66 heavy (non-hydrogen) atoms. The van der Waals surface area contributed by atoms with Crippen molar-refractivity contribution in [1.82, 2.24) is 15.5 Å². The molecule has 12 heteroatoms. The van der Waals surface area contributed by atoms with Crippen molar-refractivity contribution in [2.24, 2.45) is 32.5 Å². The van der Waals surface area contributed by atoms with E-state index in [0.29, 0.717) is 36.3 Å². The zero-order valence-corrected chi connectivity index (χ0v) is 45.2. The van der Waals surface area contributed by atoms with E-state index in [-0.39, 0.29) is 51.3 Å². The van der Waals surface area contributed by atoms with E-state index >= 15 is 4.79 Å². The molecule has 0 radical (unpaired) electrons. The molecule has 0 bridgehead atoms. The van der Waals surface area contributed by atoms with Gasteiger partial charge < -0.3 is 31.5 Å². The number of hydrogen-bond donors (Lipinski definition) is 5. The normalized spacial score (nSPS) is 13.4. The molecule has 0 saturated carbocycles. The number of carbonyl (C=O) groups is 6. The van der Waals surface area contributed by atoms with Crippen LogP contribution in [0.4, 0.5) is 17.1 Å². The van der Waals surface area contributed by atoms with Crippen LogP contribution in [0.25, 0.3) is 0 Å². The van der Waals surface area contributed by atoms with E-state index in [1.807, 2.05) is 41.5 Å². The standard InChI is InChI=1S/C54H88N6O6/c1-46(2,3)30-52(18,19)58-40(61)34-24-35(41(62)59-53(20,21)31-47(4,5)6)26-36(25-34)42(63)60(54(22,23)32-48(7,8)9)33-51(16,17)45(66)57-39-28-37(55-43(64)49(10,11)12)27-38(29-39)56-44(65)50(13,14)15/h24-29H,30-33H2,1-23H3,(H,55,64)(H,56,65)(H,57,66)(H,58,61)(H,59,62). The first-order valence-corrected chi connectivity index (χ1v) is 23.4. The molecule has 2 aromatic carbocycles. The second kappa shape index (κ2) is 19.8. The zero-order chi connectivity index (χ0) is 51.6. The first-order chi connectivity index (χ1) is 29.2. The van der Waals surface area contributed by atoms with Crippen molar-refractivity contribution in [2.45, 2.75) is 195 Å². The summed E-state index contributed by atoms with van der Waals surface area (Å²) in [7, 11) is 0. The molecule has 0 aromatic heterocycles. The Kier molecular flexibility index (Phi) is 17.3. The molecular weight excluding hydrogens is 829 g/mol. The summed E-state index contributed by atoms with van der Waals surface area (Å²) in [5.41, 5.74) is -3.59. The van der Waals surface area contributed by atoms with Crippen LogP contribution >= 0.6 is 0 Å². The third kappa shape index (κ3) is 18.5. The minimum atomic E-state index is -1.23. The van der Waals surface area contributed by atoms with Gasteiger partial charge in [0, 0.05) is 67.7 Å². The van der Waals surface area contributed by atoms with E-state index in [1.165, 1.54) is 0 Å². The van der Waals surface area contributed by atoms with E-state index in [4.69, 9.17) is 0 Å². The molecule has 0 aliphatic carbocycles. The second-order valence-corrected chi connectivity index (χ2v) is 26.9. The lowest BCUT2D eigenvalue weighted by molar-refractivity contribution is -0.125. The number of anilines is 3. The van der Waals surface area contributed by atoms with Crippen molar-refractivity contribution in [2.75, 3.05) is 22.5 Å². The number of nitrogens with one attached hydrogen (secondary N) is 5. The Hall–Kier alpha value is -4.74. The Labute approximate surface area is 398 Å². The summed E-state index contributed by atoms with van der Waals surface area (Å²) in [6, 6.07) is 9.53. The minimum absolute atomic E-state index is 0.0516. The highest BCUT2D eigenvalue weighted by atomic mass is 16.2. The number of amides is 6. The molecule has 6 amide bonds. The molecule has 0 unspecified atom stereocenters. The van der Waals surface area contributed by atoms with Gasteiger partial charge >= 0.3 is 0 Å². The van der Waals surface area contributed by atoms with Crippen molar-refractivity contribution in [3.63, 3.8) is 0 Å². The van der Waals surface area contributed by atoms with E-state index in [2.05, 4.69) is 88.9 Å². The molecule has 0 heterocycles. The van der Waals surface area contributed by atoms with Crippen molar-refractivity contribution in [3.05, 3.63) is 53.1 Å². The lowest BCUT2D eigenvalue weighted by Gasteiger charge is -2.45. The maximum atomic E-state index is 15.3. The highest BCUT2D eigenvalue weighted by Gasteiger charge is 2.42. The SMILES string of the molecule is CC(C)(C)CC(C)(C)NC(=O)c1cc(C(=O)NC(C)(C)CC(C)(C)C)cc(C(=O)N(CC(C)(C)C(=O)Nc2cc(NC(=O)C(C)(C)C)cc(NC(=O)C(C)(C)C)c2)C(C)(C)CC(C)(C)C)c1. The van der Waals surface area contributed by atoms with Gasteiger partial charge in [-0.25, -0.2) is 0 Å². The van der Waals surface area contributed by atoms with Gasteiger partial charge in [-0.2, -0.15) is 0 Å². The summed E-state index contributed by atoms with van der Waals surface area (Å²) in [6.45, 7) is 44.8. The van der Waals surface area contributed by atoms with Crippen LogP contribution in [-0.4, -0.2) is 63.5 Å². The molecule has 0 spiro atoms. The lowest BCUT2D eigenvalue weighted by Crippen LogP contribution is -2.55. The van der Waals surface area contributed by atoms with Gasteiger partial charge in [0.1, 0.15) is 0 Å². The molecule has 0 aliphatic heterocycles. The maximum absolute atomic E-state index is 15.3. The molecule has 2 rings (SSSR count). The summed E-state index contributed by atoms with van der Waals surface area (Å²) in [5.74, 6) is -2.20. The van der Waals surface area contributed by atoms with Gasteiger partial charge in [0.15, 0.2) is 0 Å². The van der Waals surface area contributed by atoms with Gasteiger partial charge in [-0.15, -0.1) is 0 Å². The Morgan fingerprint density at radius 1 is 0.409 bits per heavy atom. The molecule has 5 N–H and O–H groups in total. The van der Waals surface area contributed by atoms with Crippen molar-refractivity contribution in [3.8, 4) is 0 Å². The van der Waals surface area contributed by atoms with E-state index < -0.39 is 56.5 Å². The Bertz CT molecular complexity index is 2020. The number of benzene rings is 2. The monoisotopic (exact) mass is 917 g/mol. The molecular formula is C54H88N6O6. The number of nitrogens with zero attached hydrogens (tertiary/aromatic N) is 1. The lowest BCUT2D eigenvalue weighted by atomic mass is 9.79. The van der Waals surface area contributed by atoms with Crippen LogP contribution in [0.15, 0.2) is 36.4 Å². The molecule has 0 fully saturated rings. The third-order valence-electron chi connectivity index (χ3n) is 10.7. The largest absolute Gasteiger partial charge is 0.347 e. The highest BCUT2D eigenvalue weighted by molar-refractivity contribution is 6.06. The Morgan fingerprint density at radius 2 is 0.712 bits per heavy atom. The van der Waals surface area contributed by atoms with Crippen LogP contribution in [0.3, 0.4) is 0 Å². The van der Waals surface area contributed by atoms with Gasteiger partial charge in [0.25, 0.3) is 17.7 Å². The topological polar surface area (TPSA) is 166 Å². The van der Waals surface area contributed by atoms with Gasteiger partial charge in [0.2, 0.25) is 17.7 Å². The summed E-state index contributed by atoms with van der Waals surface area (Å²) < 4.78 is 0. The fourth-order valence-corrected chi connectivity index (χ4v) is 8.87. The average molecular weight is 917 g/mol. The van der Waals surface area contributed by atoms with Crippen LogP contribution < -0.4 is 26.6 Å². The van der Waals surface area contributed by atoms with Crippen molar-refractivity contribution < 1.29 is 28.8 Å². The number of carbonyl (C=O) groups excluding carboxylic acids is 6. The maximum Gasteiger partial charge on any atom is 0.254 e. The first kappa shape index (κ1) is 57.4. The number of hydrogen-bond acceptors (Lipinski definition) is 6. The van der Waals surface area contributed by atoms with Gasteiger partial charge in [-0.1, -0.05) is 104 Å². The fraction of sp³-hybridized carbons (Fsp3) is 0.667. The molecule has 0 saturated heterocycles. The van der Waals surface area contributed by atoms with Crippen LogP contribution in [0.5, 0.6) is 0 Å². The van der Waals surface area contributed by atoms with E-state index in [1.54, 1.807) is 96.7 Å². The van der Waals surface area contributed by atoms with E-state index in [0.717, 1.165) is 0 Å². The van der Waals surface area contributed by atoms with Crippen LogP contribution in [-0.2, 0) is 14.4 Å². The molecule has 0 aliphatic rings. The van der Waals surface area contributed by atoms with Crippen molar-refractivity contribution in [1.29, 1.82) is 0 Å².